The predicted octanol–water partition coefficient (Wildman–Crippen LogP) is 0.724. The van der Waals surface area contributed by atoms with Crippen LogP contribution in [0.3, 0.4) is 0 Å². The number of carboxylic acid groups (broad SMARTS) is 1. The SMILES string of the molecule is CC(N)C1CCCN(C(=O)O)C1. The second kappa shape index (κ2) is 3.76. The van der Waals surface area contributed by atoms with Gasteiger partial charge in [0.15, 0.2) is 0 Å². The van der Waals surface area contributed by atoms with E-state index in [9.17, 15) is 4.79 Å². The van der Waals surface area contributed by atoms with Gasteiger partial charge in [0.1, 0.15) is 0 Å². The molecule has 0 aliphatic carbocycles. The Labute approximate surface area is 72.3 Å². The van der Waals surface area contributed by atoms with Crippen molar-refractivity contribution in [2.45, 2.75) is 25.8 Å². The molecule has 1 amide bonds. The van der Waals surface area contributed by atoms with Gasteiger partial charge in [-0.15, -0.1) is 0 Å². The van der Waals surface area contributed by atoms with E-state index in [0.29, 0.717) is 19.0 Å². The van der Waals surface area contributed by atoms with Gasteiger partial charge < -0.3 is 15.7 Å². The van der Waals surface area contributed by atoms with Gasteiger partial charge in [-0.1, -0.05) is 0 Å². The Morgan fingerprint density at radius 1 is 1.75 bits per heavy atom. The minimum atomic E-state index is -0.819. The Morgan fingerprint density at radius 2 is 2.42 bits per heavy atom. The molecule has 4 heteroatoms. The van der Waals surface area contributed by atoms with Crippen LogP contribution in [0.2, 0.25) is 0 Å². The van der Waals surface area contributed by atoms with E-state index in [1.807, 2.05) is 6.92 Å². The lowest BCUT2D eigenvalue weighted by molar-refractivity contribution is 0.116. The molecule has 2 atom stereocenters. The summed E-state index contributed by atoms with van der Waals surface area (Å²) >= 11 is 0. The first-order valence-electron chi connectivity index (χ1n) is 4.34. The molecule has 1 fully saturated rings. The van der Waals surface area contributed by atoms with E-state index in [1.54, 1.807) is 0 Å². The summed E-state index contributed by atoms with van der Waals surface area (Å²) in [6.45, 7) is 3.21. The molecule has 0 radical (unpaired) electrons. The van der Waals surface area contributed by atoms with E-state index in [-0.39, 0.29) is 6.04 Å². The lowest BCUT2D eigenvalue weighted by Gasteiger charge is -2.32. The van der Waals surface area contributed by atoms with Crippen molar-refractivity contribution in [2.24, 2.45) is 11.7 Å². The average Bonchev–Trinajstić information content (AvgIpc) is 2.04. The smallest absolute Gasteiger partial charge is 0.407 e. The van der Waals surface area contributed by atoms with Gasteiger partial charge in [-0.3, -0.25) is 0 Å². The van der Waals surface area contributed by atoms with Gasteiger partial charge in [-0.2, -0.15) is 0 Å². The Balaban J connectivity index is 2.46. The van der Waals surface area contributed by atoms with Crippen LogP contribution in [0.25, 0.3) is 0 Å². The van der Waals surface area contributed by atoms with E-state index < -0.39 is 6.09 Å². The number of amides is 1. The van der Waals surface area contributed by atoms with E-state index in [4.69, 9.17) is 10.8 Å². The van der Waals surface area contributed by atoms with Gasteiger partial charge in [-0.25, -0.2) is 4.79 Å². The minimum absolute atomic E-state index is 0.104. The molecular formula is C8H16N2O2. The molecular weight excluding hydrogens is 156 g/mol. The van der Waals surface area contributed by atoms with Gasteiger partial charge in [0.05, 0.1) is 0 Å². The molecule has 0 aromatic rings. The largest absolute Gasteiger partial charge is 0.465 e. The number of carbonyl (C=O) groups is 1. The Morgan fingerprint density at radius 3 is 2.92 bits per heavy atom. The fraction of sp³-hybridized carbons (Fsp3) is 0.875. The quantitative estimate of drug-likeness (QED) is 0.612. The molecule has 1 rings (SSSR count). The number of nitrogens with zero attached hydrogens (tertiary/aromatic N) is 1. The summed E-state index contributed by atoms with van der Waals surface area (Å²) in [5.74, 6) is 0.342. The maximum atomic E-state index is 10.6. The highest BCUT2D eigenvalue weighted by atomic mass is 16.4. The molecule has 0 bridgehead atoms. The first kappa shape index (κ1) is 9.32. The third-order valence-electron chi connectivity index (χ3n) is 2.47. The topological polar surface area (TPSA) is 66.6 Å². The van der Waals surface area contributed by atoms with Crippen molar-refractivity contribution in [3.63, 3.8) is 0 Å². The molecule has 70 valence electrons. The van der Waals surface area contributed by atoms with Crippen molar-refractivity contribution in [2.75, 3.05) is 13.1 Å². The third-order valence-corrected chi connectivity index (χ3v) is 2.47. The summed E-state index contributed by atoms with van der Waals surface area (Å²) in [6.07, 6.45) is 1.18. The number of hydrogen-bond donors (Lipinski definition) is 2. The molecule has 0 saturated carbocycles. The Hall–Kier alpha value is -0.770. The van der Waals surface area contributed by atoms with E-state index in [0.717, 1.165) is 12.8 Å². The van der Waals surface area contributed by atoms with Gasteiger partial charge in [0.25, 0.3) is 0 Å². The van der Waals surface area contributed by atoms with Crippen molar-refractivity contribution < 1.29 is 9.90 Å². The summed E-state index contributed by atoms with van der Waals surface area (Å²) in [7, 11) is 0. The van der Waals surface area contributed by atoms with Crippen LogP contribution in [0, 0.1) is 5.92 Å². The lowest BCUT2D eigenvalue weighted by atomic mass is 9.92. The zero-order valence-corrected chi connectivity index (χ0v) is 7.36. The summed E-state index contributed by atoms with van der Waals surface area (Å²) < 4.78 is 0. The normalized spacial score (nSPS) is 26.8. The number of hydrogen-bond acceptors (Lipinski definition) is 2. The average molecular weight is 172 g/mol. The lowest BCUT2D eigenvalue weighted by Crippen LogP contribution is -2.44. The highest BCUT2D eigenvalue weighted by Crippen LogP contribution is 2.18. The van der Waals surface area contributed by atoms with Crippen LogP contribution >= 0.6 is 0 Å². The molecule has 1 aliphatic heterocycles. The minimum Gasteiger partial charge on any atom is -0.465 e. The molecule has 1 aliphatic rings. The number of piperidine rings is 1. The molecule has 0 spiro atoms. The molecule has 0 aromatic heterocycles. The first-order chi connectivity index (χ1) is 5.61. The number of nitrogens with two attached hydrogens (primary N) is 1. The van der Waals surface area contributed by atoms with Crippen LogP contribution < -0.4 is 5.73 Å². The van der Waals surface area contributed by atoms with E-state index in [1.165, 1.54) is 4.90 Å². The summed E-state index contributed by atoms with van der Waals surface area (Å²) in [6, 6.07) is 0.104. The van der Waals surface area contributed by atoms with E-state index >= 15 is 0 Å². The first-order valence-corrected chi connectivity index (χ1v) is 4.34. The van der Waals surface area contributed by atoms with Crippen LogP contribution in [0.1, 0.15) is 19.8 Å². The highest BCUT2D eigenvalue weighted by molar-refractivity contribution is 5.65. The Kier molecular flexibility index (Phi) is 2.92. The van der Waals surface area contributed by atoms with E-state index in [2.05, 4.69) is 0 Å². The fourth-order valence-corrected chi connectivity index (χ4v) is 1.61. The maximum Gasteiger partial charge on any atom is 0.407 e. The van der Waals surface area contributed by atoms with Gasteiger partial charge in [0, 0.05) is 19.1 Å². The fourth-order valence-electron chi connectivity index (χ4n) is 1.61. The van der Waals surface area contributed by atoms with Crippen LogP contribution in [-0.2, 0) is 0 Å². The molecule has 3 N–H and O–H groups in total. The highest BCUT2D eigenvalue weighted by Gasteiger charge is 2.24. The van der Waals surface area contributed by atoms with Crippen molar-refractivity contribution in [3.05, 3.63) is 0 Å². The van der Waals surface area contributed by atoms with Gasteiger partial charge in [-0.05, 0) is 25.7 Å². The Bertz CT molecular complexity index is 170. The third kappa shape index (κ3) is 2.11. The maximum absolute atomic E-state index is 10.6. The second-order valence-corrected chi connectivity index (χ2v) is 3.49. The summed E-state index contributed by atoms with van der Waals surface area (Å²) in [4.78, 5) is 12.1. The summed E-state index contributed by atoms with van der Waals surface area (Å²) in [5.41, 5.74) is 5.71. The molecule has 2 unspecified atom stereocenters. The zero-order chi connectivity index (χ0) is 9.14. The molecule has 1 heterocycles. The zero-order valence-electron chi connectivity index (χ0n) is 7.36. The standard InChI is InChI=1S/C8H16N2O2/c1-6(9)7-3-2-4-10(5-7)8(11)12/h6-7H,2-5,9H2,1H3,(H,11,12). The molecule has 12 heavy (non-hydrogen) atoms. The second-order valence-electron chi connectivity index (χ2n) is 3.49. The van der Waals surface area contributed by atoms with Crippen molar-refractivity contribution in [1.82, 2.24) is 4.90 Å². The van der Waals surface area contributed by atoms with Crippen molar-refractivity contribution >= 4 is 6.09 Å². The molecule has 0 aromatic carbocycles. The predicted molar refractivity (Wildman–Crippen MR) is 46.0 cm³/mol. The van der Waals surface area contributed by atoms with Crippen LogP contribution in [0.15, 0.2) is 0 Å². The van der Waals surface area contributed by atoms with Crippen LogP contribution in [0.5, 0.6) is 0 Å². The van der Waals surface area contributed by atoms with Gasteiger partial charge >= 0.3 is 6.09 Å². The van der Waals surface area contributed by atoms with Crippen molar-refractivity contribution in [3.8, 4) is 0 Å². The van der Waals surface area contributed by atoms with Crippen LogP contribution in [0.4, 0.5) is 4.79 Å². The molecule has 1 saturated heterocycles. The molecule has 4 nitrogen and oxygen atoms in total. The number of likely N-dealkylation sites (tertiary alicyclic amines) is 1. The number of rotatable bonds is 1. The summed E-state index contributed by atoms with van der Waals surface area (Å²) in [5, 5.41) is 8.72. The van der Waals surface area contributed by atoms with Gasteiger partial charge in [0.2, 0.25) is 0 Å². The van der Waals surface area contributed by atoms with Crippen LogP contribution in [-0.4, -0.2) is 35.2 Å². The van der Waals surface area contributed by atoms with Crippen molar-refractivity contribution in [1.29, 1.82) is 0 Å². The monoisotopic (exact) mass is 172 g/mol.